The van der Waals surface area contributed by atoms with Gasteiger partial charge in [-0.05, 0) is 66.8 Å². The first-order chi connectivity index (χ1) is 13.8. The fourth-order valence-electron chi connectivity index (χ4n) is 3.20. The second kappa shape index (κ2) is 14.0. The standard InChI is InChI=1S/C26H37NO/c1-3-5-7-8-9-10-12-23-13-17-25(18-14-23)27-22-24-15-19-26(20-16-24)28-21-11-6-4-2/h13-20,22H,3-12,21H2,1-2H3. The fourth-order valence-corrected chi connectivity index (χ4v) is 3.20. The van der Waals surface area contributed by atoms with Crippen LogP contribution in [0.4, 0.5) is 5.69 Å². The quantitative estimate of drug-likeness (QED) is 0.241. The highest BCUT2D eigenvalue weighted by Gasteiger charge is 1.97. The Morgan fingerprint density at radius 1 is 0.714 bits per heavy atom. The molecule has 0 aliphatic heterocycles. The van der Waals surface area contributed by atoms with Gasteiger partial charge in [0.05, 0.1) is 12.3 Å². The molecule has 0 aromatic heterocycles. The van der Waals surface area contributed by atoms with E-state index in [9.17, 15) is 0 Å². The number of ether oxygens (including phenoxy) is 1. The molecule has 0 saturated carbocycles. The van der Waals surface area contributed by atoms with Gasteiger partial charge in [-0.2, -0.15) is 0 Å². The van der Waals surface area contributed by atoms with E-state index in [0.29, 0.717) is 0 Å². The summed E-state index contributed by atoms with van der Waals surface area (Å²) in [6, 6.07) is 16.8. The summed E-state index contributed by atoms with van der Waals surface area (Å²) in [5.41, 5.74) is 3.52. The van der Waals surface area contributed by atoms with Crippen molar-refractivity contribution in [2.45, 2.75) is 78.1 Å². The van der Waals surface area contributed by atoms with Crippen molar-refractivity contribution < 1.29 is 4.74 Å². The van der Waals surface area contributed by atoms with Gasteiger partial charge in [-0.15, -0.1) is 0 Å². The van der Waals surface area contributed by atoms with E-state index in [2.05, 4.69) is 55.2 Å². The Bertz CT molecular complexity index is 658. The lowest BCUT2D eigenvalue weighted by Gasteiger charge is -2.05. The largest absolute Gasteiger partial charge is 0.494 e. The van der Waals surface area contributed by atoms with E-state index in [1.165, 1.54) is 63.4 Å². The SMILES string of the molecule is CCCCCCCCc1ccc(N=Cc2ccc(OCCCCC)cc2)cc1. The van der Waals surface area contributed by atoms with E-state index >= 15 is 0 Å². The van der Waals surface area contributed by atoms with Crippen molar-refractivity contribution >= 4 is 11.9 Å². The summed E-state index contributed by atoms with van der Waals surface area (Å²) >= 11 is 0. The lowest BCUT2D eigenvalue weighted by Crippen LogP contribution is -1.96. The Kier molecular flexibility index (Phi) is 11.1. The molecule has 28 heavy (non-hydrogen) atoms. The second-order valence-electron chi connectivity index (χ2n) is 7.57. The molecular formula is C26H37NO. The Morgan fingerprint density at radius 3 is 2.07 bits per heavy atom. The molecule has 0 aliphatic rings. The van der Waals surface area contributed by atoms with Gasteiger partial charge in [-0.1, -0.05) is 70.9 Å². The van der Waals surface area contributed by atoms with E-state index < -0.39 is 0 Å². The average molecular weight is 380 g/mol. The Balaban J connectivity index is 1.73. The van der Waals surface area contributed by atoms with Crippen molar-refractivity contribution in [2.75, 3.05) is 6.61 Å². The van der Waals surface area contributed by atoms with Crippen LogP contribution >= 0.6 is 0 Å². The van der Waals surface area contributed by atoms with Gasteiger partial charge in [0.15, 0.2) is 0 Å². The van der Waals surface area contributed by atoms with Crippen LogP contribution in [0.15, 0.2) is 53.5 Å². The lowest BCUT2D eigenvalue weighted by molar-refractivity contribution is 0.306. The second-order valence-corrected chi connectivity index (χ2v) is 7.57. The summed E-state index contributed by atoms with van der Waals surface area (Å²) < 4.78 is 5.75. The van der Waals surface area contributed by atoms with Gasteiger partial charge in [0.1, 0.15) is 5.75 Å². The number of aliphatic imine (C=N–C) groups is 1. The van der Waals surface area contributed by atoms with E-state index in [0.717, 1.165) is 30.0 Å². The summed E-state index contributed by atoms with van der Waals surface area (Å²) in [4.78, 5) is 4.60. The average Bonchev–Trinajstić information content (AvgIpc) is 2.74. The molecule has 2 heteroatoms. The Labute approximate surface area is 172 Å². The maximum Gasteiger partial charge on any atom is 0.119 e. The third-order valence-electron chi connectivity index (χ3n) is 5.01. The summed E-state index contributed by atoms with van der Waals surface area (Å²) in [6.45, 7) is 5.27. The van der Waals surface area contributed by atoms with E-state index in [-0.39, 0.29) is 0 Å². The summed E-state index contributed by atoms with van der Waals surface area (Å²) in [5.74, 6) is 0.937. The molecule has 0 fully saturated rings. The zero-order chi connectivity index (χ0) is 19.9. The molecule has 0 amide bonds. The van der Waals surface area contributed by atoms with Crippen LogP contribution in [0.5, 0.6) is 5.75 Å². The first kappa shape index (κ1) is 22.2. The van der Waals surface area contributed by atoms with Crippen molar-refractivity contribution in [1.29, 1.82) is 0 Å². The van der Waals surface area contributed by atoms with E-state index in [1.807, 2.05) is 18.3 Å². The number of aryl methyl sites for hydroxylation is 1. The van der Waals surface area contributed by atoms with Crippen LogP contribution in [0.2, 0.25) is 0 Å². The Hall–Kier alpha value is -2.09. The number of unbranched alkanes of at least 4 members (excludes halogenated alkanes) is 7. The topological polar surface area (TPSA) is 21.6 Å². The van der Waals surface area contributed by atoms with Crippen LogP contribution in [-0.4, -0.2) is 12.8 Å². The zero-order valence-corrected chi connectivity index (χ0v) is 17.8. The lowest BCUT2D eigenvalue weighted by atomic mass is 10.0. The van der Waals surface area contributed by atoms with Crippen LogP contribution in [0.25, 0.3) is 0 Å². The molecule has 2 rings (SSSR count). The van der Waals surface area contributed by atoms with Gasteiger partial charge >= 0.3 is 0 Å². The molecule has 2 nitrogen and oxygen atoms in total. The van der Waals surface area contributed by atoms with Crippen molar-refractivity contribution in [3.63, 3.8) is 0 Å². The molecule has 0 N–H and O–H groups in total. The van der Waals surface area contributed by atoms with E-state index in [4.69, 9.17) is 4.74 Å². The molecule has 0 atom stereocenters. The first-order valence-corrected chi connectivity index (χ1v) is 11.2. The molecule has 152 valence electrons. The number of nitrogens with zero attached hydrogens (tertiary/aromatic N) is 1. The summed E-state index contributed by atoms with van der Waals surface area (Å²) in [6.07, 6.45) is 14.8. The molecule has 0 aliphatic carbocycles. The number of hydrogen-bond donors (Lipinski definition) is 0. The summed E-state index contributed by atoms with van der Waals surface area (Å²) in [5, 5.41) is 0. The molecule has 0 heterocycles. The van der Waals surface area contributed by atoms with Gasteiger partial charge in [0.25, 0.3) is 0 Å². The molecule has 0 bridgehead atoms. The minimum Gasteiger partial charge on any atom is -0.494 e. The third kappa shape index (κ3) is 9.21. The number of rotatable bonds is 14. The predicted octanol–water partition coefficient (Wildman–Crippen LogP) is 7.91. The Morgan fingerprint density at radius 2 is 1.36 bits per heavy atom. The molecule has 0 radical (unpaired) electrons. The van der Waals surface area contributed by atoms with Crippen molar-refractivity contribution in [3.05, 3.63) is 59.7 Å². The minimum absolute atomic E-state index is 0.798. The van der Waals surface area contributed by atoms with Crippen LogP contribution in [0.1, 0.15) is 82.8 Å². The minimum atomic E-state index is 0.798. The highest BCUT2D eigenvalue weighted by atomic mass is 16.5. The van der Waals surface area contributed by atoms with Crippen LogP contribution < -0.4 is 4.74 Å². The zero-order valence-electron chi connectivity index (χ0n) is 17.8. The smallest absolute Gasteiger partial charge is 0.119 e. The fraction of sp³-hybridized carbons (Fsp3) is 0.500. The van der Waals surface area contributed by atoms with Gasteiger partial charge in [0, 0.05) is 6.21 Å². The molecule has 0 saturated heterocycles. The van der Waals surface area contributed by atoms with Crippen LogP contribution in [-0.2, 0) is 6.42 Å². The van der Waals surface area contributed by atoms with Gasteiger partial charge in [0.2, 0.25) is 0 Å². The van der Waals surface area contributed by atoms with Crippen LogP contribution in [0.3, 0.4) is 0 Å². The van der Waals surface area contributed by atoms with Crippen LogP contribution in [0, 0.1) is 0 Å². The molecule has 0 spiro atoms. The maximum atomic E-state index is 5.75. The predicted molar refractivity (Wildman–Crippen MR) is 122 cm³/mol. The van der Waals surface area contributed by atoms with Gasteiger partial charge < -0.3 is 4.74 Å². The number of benzene rings is 2. The third-order valence-corrected chi connectivity index (χ3v) is 5.01. The van der Waals surface area contributed by atoms with Crippen molar-refractivity contribution in [2.24, 2.45) is 4.99 Å². The molecular weight excluding hydrogens is 342 g/mol. The van der Waals surface area contributed by atoms with Crippen molar-refractivity contribution in [3.8, 4) is 5.75 Å². The normalized spacial score (nSPS) is 11.2. The highest BCUT2D eigenvalue weighted by molar-refractivity contribution is 5.82. The monoisotopic (exact) mass is 379 g/mol. The maximum absolute atomic E-state index is 5.75. The van der Waals surface area contributed by atoms with Gasteiger partial charge in [-0.3, -0.25) is 4.99 Å². The molecule has 0 unspecified atom stereocenters. The molecule has 2 aromatic carbocycles. The van der Waals surface area contributed by atoms with Crippen molar-refractivity contribution in [1.82, 2.24) is 0 Å². The summed E-state index contributed by atoms with van der Waals surface area (Å²) in [7, 11) is 0. The first-order valence-electron chi connectivity index (χ1n) is 11.2. The van der Waals surface area contributed by atoms with Gasteiger partial charge in [-0.25, -0.2) is 0 Å². The van der Waals surface area contributed by atoms with E-state index in [1.54, 1.807) is 0 Å². The highest BCUT2D eigenvalue weighted by Crippen LogP contribution is 2.17. The number of hydrogen-bond acceptors (Lipinski definition) is 2. The molecule has 2 aromatic rings.